The zero-order chi connectivity index (χ0) is 17.2. The second-order valence-electron chi connectivity index (χ2n) is 6.01. The van der Waals surface area contributed by atoms with Gasteiger partial charge < -0.3 is 5.32 Å². The van der Waals surface area contributed by atoms with Gasteiger partial charge in [-0.15, -0.1) is 12.4 Å². The average Bonchev–Trinajstić information content (AvgIpc) is 2.60. The zero-order valence-corrected chi connectivity index (χ0v) is 15.8. The van der Waals surface area contributed by atoms with Gasteiger partial charge in [-0.25, -0.2) is 8.42 Å². The predicted molar refractivity (Wildman–Crippen MR) is 103 cm³/mol. The van der Waals surface area contributed by atoms with E-state index in [9.17, 15) is 8.42 Å². The average molecular weight is 377 g/mol. The van der Waals surface area contributed by atoms with Crippen LogP contribution in [0.15, 0.2) is 70.6 Å². The van der Waals surface area contributed by atoms with Crippen LogP contribution in [0.3, 0.4) is 0 Å². The molecule has 1 heterocycles. The van der Waals surface area contributed by atoms with Crippen molar-refractivity contribution in [2.24, 2.45) is 0 Å². The van der Waals surface area contributed by atoms with E-state index in [1.807, 2.05) is 18.2 Å². The molecule has 0 atom stereocenters. The van der Waals surface area contributed by atoms with Crippen LogP contribution in [-0.4, -0.2) is 19.4 Å². The summed E-state index contributed by atoms with van der Waals surface area (Å²) in [7, 11) is -3.55. The highest BCUT2D eigenvalue weighted by molar-refractivity contribution is 7.91. The minimum absolute atomic E-state index is 0. The van der Waals surface area contributed by atoms with Crippen molar-refractivity contribution < 1.29 is 8.42 Å². The second kappa shape index (κ2) is 7.95. The van der Waals surface area contributed by atoms with E-state index in [2.05, 4.69) is 24.1 Å². The Morgan fingerprint density at radius 1 is 1.00 bits per heavy atom. The highest BCUT2D eigenvalue weighted by Crippen LogP contribution is 2.24. The summed E-state index contributed by atoms with van der Waals surface area (Å²) in [4.78, 5) is 4.93. The second-order valence-corrected chi connectivity index (χ2v) is 7.96. The van der Waals surface area contributed by atoms with Crippen molar-refractivity contribution >= 4 is 33.1 Å². The maximum atomic E-state index is 12.7. The fraction of sp³-hybridized carbons (Fsp3) is 0.211. The summed E-state index contributed by atoms with van der Waals surface area (Å²) >= 11 is 0. The first kappa shape index (κ1) is 19.4. The number of halogens is 1. The fourth-order valence-corrected chi connectivity index (χ4v) is 3.80. The van der Waals surface area contributed by atoms with Gasteiger partial charge in [0.2, 0.25) is 9.84 Å². The Morgan fingerprint density at radius 3 is 2.40 bits per heavy atom. The zero-order valence-electron chi connectivity index (χ0n) is 14.1. The number of hydrogen-bond acceptors (Lipinski definition) is 4. The van der Waals surface area contributed by atoms with Crippen LogP contribution in [0.4, 0.5) is 0 Å². The largest absolute Gasteiger partial charge is 0.310 e. The van der Waals surface area contributed by atoms with Gasteiger partial charge in [-0.05, 0) is 23.8 Å². The smallest absolute Gasteiger partial charge is 0.208 e. The molecule has 6 heteroatoms. The summed E-state index contributed by atoms with van der Waals surface area (Å²) in [5.74, 6) is 0. The standard InChI is InChI=1S/C19H20N2O2S.ClH/c1-14(2)20-12-16-8-6-7-15-11-18(13-21-19(15)16)24(22,23)17-9-4-3-5-10-17;/h3-11,13-14,20H,12H2,1-2H3;1H. The molecule has 0 aliphatic heterocycles. The molecular weight excluding hydrogens is 356 g/mol. The minimum Gasteiger partial charge on any atom is -0.310 e. The molecule has 2 aromatic carbocycles. The number of benzene rings is 2. The Balaban J connectivity index is 0.00000225. The van der Waals surface area contributed by atoms with Crippen LogP contribution in [0.1, 0.15) is 19.4 Å². The summed E-state index contributed by atoms with van der Waals surface area (Å²) in [5.41, 5.74) is 1.89. The molecule has 0 amide bonds. The first-order valence-electron chi connectivity index (χ1n) is 7.89. The van der Waals surface area contributed by atoms with Crippen molar-refractivity contribution in [1.29, 1.82) is 0 Å². The normalized spacial score (nSPS) is 11.5. The Morgan fingerprint density at radius 2 is 1.72 bits per heavy atom. The number of nitrogens with one attached hydrogen (secondary N) is 1. The van der Waals surface area contributed by atoms with E-state index in [4.69, 9.17) is 0 Å². The maximum absolute atomic E-state index is 12.7. The Kier molecular flexibility index (Phi) is 6.16. The minimum atomic E-state index is -3.55. The summed E-state index contributed by atoms with van der Waals surface area (Å²) in [6.45, 7) is 4.87. The lowest BCUT2D eigenvalue weighted by molar-refractivity contribution is 0.590. The van der Waals surface area contributed by atoms with Gasteiger partial charge in [-0.3, -0.25) is 4.98 Å². The van der Waals surface area contributed by atoms with E-state index in [-0.39, 0.29) is 22.2 Å². The third-order valence-corrected chi connectivity index (χ3v) is 5.57. The molecule has 0 aliphatic carbocycles. The van der Waals surface area contributed by atoms with E-state index in [0.717, 1.165) is 16.5 Å². The van der Waals surface area contributed by atoms with Gasteiger partial charge in [0, 0.05) is 24.2 Å². The van der Waals surface area contributed by atoms with Gasteiger partial charge in [0.15, 0.2) is 0 Å². The maximum Gasteiger partial charge on any atom is 0.208 e. The van der Waals surface area contributed by atoms with Crippen molar-refractivity contribution in [3.8, 4) is 0 Å². The van der Waals surface area contributed by atoms with Crippen LogP contribution in [-0.2, 0) is 16.4 Å². The molecule has 25 heavy (non-hydrogen) atoms. The van der Waals surface area contributed by atoms with Crippen LogP contribution < -0.4 is 5.32 Å². The monoisotopic (exact) mass is 376 g/mol. The first-order chi connectivity index (χ1) is 11.5. The molecule has 0 bridgehead atoms. The molecule has 0 unspecified atom stereocenters. The van der Waals surface area contributed by atoms with Crippen molar-refractivity contribution in [1.82, 2.24) is 10.3 Å². The van der Waals surface area contributed by atoms with Gasteiger partial charge in [0.25, 0.3) is 0 Å². The molecule has 0 saturated carbocycles. The predicted octanol–water partition coefficient (Wildman–Crippen LogP) is 3.99. The molecule has 0 fully saturated rings. The molecule has 132 valence electrons. The van der Waals surface area contributed by atoms with Gasteiger partial charge in [0.05, 0.1) is 15.3 Å². The topological polar surface area (TPSA) is 59.1 Å². The number of sulfone groups is 1. The van der Waals surface area contributed by atoms with E-state index in [1.54, 1.807) is 36.4 Å². The van der Waals surface area contributed by atoms with Crippen molar-refractivity contribution in [2.45, 2.75) is 36.2 Å². The van der Waals surface area contributed by atoms with Crippen molar-refractivity contribution in [2.75, 3.05) is 0 Å². The molecule has 3 aromatic rings. The third kappa shape index (κ3) is 4.18. The van der Waals surface area contributed by atoms with E-state index in [0.29, 0.717) is 12.6 Å². The number of nitrogens with zero attached hydrogens (tertiary/aromatic N) is 1. The van der Waals surface area contributed by atoms with Crippen LogP contribution >= 0.6 is 12.4 Å². The van der Waals surface area contributed by atoms with Gasteiger partial charge >= 0.3 is 0 Å². The molecule has 1 N–H and O–H groups in total. The van der Waals surface area contributed by atoms with Gasteiger partial charge in [-0.1, -0.05) is 50.2 Å². The molecule has 0 radical (unpaired) electrons. The van der Waals surface area contributed by atoms with Crippen molar-refractivity contribution in [3.63, 3.8) is 0 Å². The van der Waals surface area contributed by atoms with Crippen LogP contribution in [0, 0.1) is 0 Å². The van der Waals surface area contributed by atoms with E-state index >= 15 is 0 Å². The quantitative estimate of drug-likeness (QED) is 0.731. The van der Waals surface area contributed by atoms with Crippen molar-refractivity contribution in [3.05, 3.63) is 66.4 Å². The lowest BCUT2D eigenvalue weighted by Crippen LogP contribution is -2.22. The molecule has 0 aliphatic rings. The van der Waals surface area contributed by atoms with Gasteiger partial charge in [0.1, 0.15) is 0 Å². The van der Waals surface area contributed by atoms with Crippen LogP contribution in [0.25, 0.3) is 10.9 Å². The number of rotatable bonds is 5. The van der Waals surface area contributed by atoms with Crippen LogP contribution in [0.5, 0.6) is 0 Å². The van der Waals surface area contributed by atoms with Gasteiger partial charge in [-0.2, -0.15) is 0 Å². The van der Waals surface area contributed by atoms with Crippen LogP contribution in [0.2, 0.25) is 0 Å². The SMILES string of the molecule is CC(C)NCc1cccc2cc(S(=O)(=O)c3ccccc3)cnc12.Cl. The fourth-order valence-electron chi connectivity index (χ4n) is 2.54. The third-order valence-electron chi connectivity index (χ3n) is 3.83. The van der Waals surface area contributed by atoms with E-state index in [1.165, 1.54) is 6.20 Å². The lowest BCUT2D eigenvalue weighted by Gasteiger charge is -2.11. The molecule has 1 aromatic heterocycles. The Hall–Kier alpha value is -1.95. The first-order valence-corrected chi connectivity index (χ1v) is 9.38. The number of para-hydroxylation sites is 1. The molecule has 3 rings (SSSR count). The Bertz CT molecular complexity index is 958. The summed E-state index contributed by atoms with van der Waals surface area (Å²) in [6, 6.07) is 16.3. The molecule has 0 saturated heterocycles. The number of pyridine rings is 1. The molecular formula is C19H21ClN2O2S. The summed E-state index contributed by atoms with van der Waals surface area (Å²) in [5, 5.41) is 4.20. The summed E-state index contributed by atoms with van der Waals surface area (Å²) in [6.07, 6.45) is 1.45. The lowest BCUT2D eigenvalue weighted by atomic mass is 10.1. The highest BCUT2D eigenvalue weighted by atomic mass is 35.5. The number of hydrogen-bond donors (Lipinski definition) is 1. The molecule has 4 nitrogen and oxygen atoms in total. The number of aromatic nitrogens is 1. The number of fused-ring (bicyclic) bond motifs is 1. The molecule has 0 spiro atoms. The Labute approximate surface area is 154 Å². The van der Waals surface area contributed by atoms with E-state index < -0.39 is 9.84 Å². The summed E-state index contributed by atoms with van der Waals surface area (Å²) < 4.78 is 25.5. The highest BCUT2D eigenvalue weighted by Gasteiger charge is 2.18.